The zero-order valence-corrected chi connectivity index (χ0v) is 19.3. The summed E-state index contributed by atoms with van der Waals surface area (Å²) in [6, 6.07) is 19.7. The Morgan fingerprint density at radius 3 is 2.39 bits per heavy atom. The van der Waals surface area contributed by atoms with Gasteiger partial charge in [0.25, 0.3) is 11.8 Å². The van der Waals surface area contributed by atoms with E-state index >= 15 is 0 Å². The molecule has 0 radical (unpaired) electrons. The maximum Gasteiger partial charge on any atom is 0.264 e. The Hall–Kier alpha value is -3.65. The van der Waals surface area contributed by atoms with Gasteiger partial charge in [-0.15, -0.1) is 11.3 Å². The molecule has 2 aromatic carbocycles. The van der Waals surface area contributed by atoms with Gasteiger partial charge in [-0.2, -0.15) is 4.98 Å². The summed E-state index contributed by atoms with van der Waals surface area (Å²) in [6.45, 7) is 4.98. The minimum atomic E-state index is 0.0443. The van der Waals surface area contributed by atoms with Crippen molar-refractivity contribution in [1.82, 2.24) is 15.0 Å². The second-order valence-corrected chi connectivity index (χ2v) is 9.01. The van der Waals surface area contributed by atoms with Crippen LogP contribution in [-0.4, -0.2) is 54.2 Å². The number of thiophene rings is 1. The lowest BCUT2D eigenvalue weighted by molar-refractivity contribution is 0.0751. The highest BCUT2D eigenvalue weighted by atomic mass is 32.1. The largest absolute Gasteiger partial charge is 0.497 e. The Balaban J connectivity index is 1.23. The van der Waals surface area contributed by atoms with Gasteiger partial charge >= 0.3 is 0 Å². The van der Waals surface area contributed by atoms with E-state index in [1.54, 1.807) is 7.11 Å². The average Bonchev–Trinajstić information content (AvgIpc) is 3.54. The molecule has 0 unspecified atom stereocenters. The number of piperazine rings is 1. The summed E-state index contributed by atoms with van der Waals surface area (Å²) in [4.78, 5) is 23.3. The maximum absolute atomic E-state index is 13.1. The van der Waals surface area contributed by atoms with Crippen molar-refractivity contribution in [3.8, 4) is 27.9 Å². The summed E-state index contributed by atoms with van der Waals surface area (Å²) in [5.74, 6) is 1.86. The Bertz CT molecular complexity index is 1240. The molecule has 1 aliphatic heterocycles. The minimum absolute atomic E-state index is 0.0443. The van der Waals surface area contributed by atoms with Gasteiger partial charge in [-0.05, 0) is 55.5 Å². The van der Waals surface area contributed by atoms with Crippen LogP contribution in [0.4, 0.5) is 5.69 Å². The smallest absolute Gasteiger partial charge is 0.264 e. The summed E-state index contributed by atoms with van der Waals surface area (Å²) in [5, 5.41) is 4.11. The molecule has 4 aromatic rings. The molecule has 7 nitrogen and oxygen atoms in total. The molecule has 1 saturated heterocycles. The summed E-state index contributed by atoms with van der Waals surface area (Å²) in [7, 11) is 1.66. The molecule has 8 heteroatoms. The van der Waals surface area contributed by atoms with Gasteiger partial charge in [-0.3, -0.25) is 4.79 Å². The van der Waals surface area contributed by atoms with Crippen LogP contribution in [-0.2, 0) is 0 Å². The number of rotatable bonds is 5. The first kappa shape index (κ1) is 21.2. The van der Waals surface area contributed by atoms with Crippen LogP contribution in [0.15, 0.2) is 65.2 Å². The first-order valence-corrected chi connectivity index (χ1v) is 11.6. The maximum atomic E-state index is 13.1. The third-order valence-corrected chi connectivity index (χ3v) is 6.84. The molecule has 1 aliphatic rings. The molecule has 168 valence electrons. The normalized spacial score (nSPS) is 13.9. The third kappa shape index (κ3) is 4.47. The fraction of sp³-hybridized carbons (Fsp3) is 0.240. The lowest BCUT2D eigenvalue weighted by Gasteiger charge is -2.36. The minimum Gasteiger partial charge on any atom is -0.497 e. The van der Waals surface area contributed by atoms with E-state index in [1.807, 2.05) is 60.4 Å². The van der Waals surface area contributed by atoms with Crippen molar-refractivity contribution in [2.45, 2.75) is 6.92 Å². The lowest BCUT2D eigenvalue weighted by Crippen LogP contribution is -2.48. The first-order chi connectivity index (χ1) is 16.1. The molecule has 1 amide bonds. The molecule has 2 aromatic heterocycles. The Labute approximate surface area is 196 Å². The van der Waals surface area contributed by atoms with E-state index in [0.29, 0.717) is 29.7 Å². The summed E-state index contributed by atoms with van der Waals surface area (Å²) < 4.78 is 10.7. The van der Waals surface area contributed by atoms with Crippen LogP contribution in [0, 0.1) is 6.92 Å². The summed E-state index contributed by atoms with van der Waals surface area (Å²) in [5.41, 5.74) is 3.19. The number of hydrogen-bond acceptors (Lipinski definition) is 7. The molecular formula is C25H24N4O3S. The number of methoxy groups -OCH3 is 1. The number of hydrogen-bond donors (Lipinski definition) is 0. The topological polar surface area (TPSA) is 71.7 Å². The lowest BCUT2D eigenvalue weighted by atomic mass is 10.1. The highest BCUT2D eigenvalue weighted by Crippen LogP contribution is 2.29. The summed E-state index contributed by atoms with van der Waals surface area (Å²) >= 11 is 1.40. The fourth-order valence-corrected chi connectivity index (χ4v) is 4.73. The average molecular weight is 461 g/mol. The van der Waals surface area contributed by atoms with Crippen LogP contribution < -0.4 is 9.64 Å². The zero-order chi connectivity index (χ0) is 22.8. The first-order valence-electron chi connectivity index (χ1n) is 10.8. The number of anilines is 1. The number of aryl methyl sites for hydroxylation is 1. The molecule has 0 saturated carbocycles. The van der Waals surface area contributed by atoms with Gasteiger partial charge in [0.1, 0.15) is 5.75 Å². The van der Waals surface area contributed by atoms with Gasteiger partial charge in [0.15, 0.2) is 0 Å². The van der Waals surface area contributed by atoms with Crippen LogP contribution in [0.5, 0.6) is 5.75 Å². The number of benzene rings is 2. The van der Waals surface area contributed by atoms with Crippen molar-refractivity contribution >= 4 is 22.9 Å². The van der Waals surface area contributed by atoms with E-state index in [0.717, 1.165) is 35.0 Å². The molecule has 0 aliphatic carbocycles. The monoisotopic (exact) mass is 460 g/mol. The molecule has 1 fully saturated rings. The number of aromatic nitrogens is 2. The van der Waals surface area contributed by atoms with Gasteiger partial charge in [0.05, 0.1) is 16.9 Å². The predicted octanol–water partition coefficient (Wildman–Crippen LogP) is 4.74. The molecule has 0 atom stereocenters. The van der Waals surface area contributed by atoms with Crippen molar-refractivity contribution in [2.75, 3.05) is 38.2 Å². The van der Waals surface area contributed by atoms with Crippen LogP contribution in [0.25, 0.3) is 22.2 Å². The standard InChI is InChI=1S/C25H24N4O3S/c1-17-3-5-18(6-4-17)24-26-23(27-32-24)21-11-12-22(33-21)25(30)29-15-13-28(14-16-29)19-7-9-20(31-2)10-8-19/h3-12H,13-16H2,1-2H3. The quantitative estimate of drug-likeness (QED) is 0.428. The second-order valence-electron chi connectivity index (χ2n) is 7.93. The number of carbonyl (C=O) groups excluding carboxylic acids is 1. The van der Waals surface area contributed by atoms with Crippen LogP contribution >= 0.6 is 11.3 Å². The van der Waals surface area contributed by atoms with Gasteiger partial charge in [-0.25, -0.2) is 0 Å². The van der Waals surface area contributed by atoms with E-state index in [1.165, 1.54) is 16.9 Å². The molecular weight excluding hydrogens is 436 g/mol. The Morgan fingerprint density at radius 1 is 0.970 bits per heavy atom. The third-order valence-electron chi connectivity index (χ3n) is 5.77. The van der Waals surface area contributed by atoms with E-state index in [2.05, 4.69) is 27.2 Å². The molecule has 0 spiro atoms. The van der Waals surface area contributed by atoms with Crippen LogP contribution in [0.2, 0.25) is 0 Å². The number of nitrogens with zero attached hydrogens (tertiary/aromatic N) is 4. The molecule has 0 N–H and O–H groups in total. The predicted molar refractivity (Wildman–Crippen MR) is 129 cm³/mol. The van der Waals surface area contributed by atoms with Gasteiger partial charge < -0.3 is 19.1 Å². The van der Waals surface area contributed by atoms with E-state index < -0.39 is 0 Å². The molecule has 3 heterocycles. The van der Waals surface area contributed by atoms with Crippen LogP contribution in [0.1, 0.15) is 15.2 Å². The summed E-state index contributed by atoms with van der Waals surface area (Å²) in [6.07, 6.45) is 0. The molecule has 5 rings (SSSR count). The molecule has 0 bridgehead atoms. The van der Waals surface area contributed by atoms with Gasteiger partial charge in [-0.1, -0.05) is 22.9 Å². The zero-order valence-electron chi connectivity index (χ0n) is 18.5. The van der Waals surface area contributed by atoms with Crippen molar-refractivity contribution < 1.29 is 14.1 Å². The molecule has 33 heavy (non-hydrogen) atoms. The Morgan fingerprint density at radius 2 is 1.70 bits per heavy atom. The highest BCUT2D eigenvalue weighted by Gasteiger charge is 2.24. The number of carbonyl (C=O) groups is 1. The van der Waals surface area contributed by atoms with Gasteiger partial charge in [0, 0.05) is 37.4 Å². The van der Waals surface area contributed by atoms with E-state index in [-0.39, 0.29) is 5.91 Å². The SMILES string of the molecule is COc1ccc(N2CCN(C(=O)c3ccc(-c4noc(-c5ccc(C)cc5)n4)s3)CC2)cc1. The van der Waals surface area contributed by atoms with E-state index in [4.69, 9.17) is 9.26 Å². The van der Waals surface area contributed by atoms with Crippen LogP contribution in [0.3, 0.4) is 0 Å². The van der Waals surface area contributed by atoms with Crippen molar-refractivity contribution in [2.24, 2.45) is 0 Å². The van der Waals surface area contributed by atoms with E-state index in [9.17, 15) is 4.79 Å². The van der Waals surface area contributed by atoms with Crippen molar-refractivity contribution in [3.63, 3.8) is 0 Å². The second kappa shape index (κ2) is 9.07. The highest BCUT2D eigenvalue weighted by molar-refractivity contribution is 7.17. The van der Waals surface area contributed by atoms with Gasteiger partial charge in [0.2, 0.25) is 5.82 Å². The Kier molecular flexibility index (Phi) is 5.83. The number of ether oxygens (including phenoxy) is 1. The fourth-order valence-electron chi connectivity index (χ4n) is 3.83. The van der Waals surface area contributed by atoms with Crippen molar-refractivity contribution in [3.05, 3.63) is 71.1 Å². The number of amides is 1. The van der Waals surface area contributed by atoms with Crippen molar-refractivity contribution in [1.29, 1.82) is 0 Å².